The Hall–Kier alpha value is -1.94. The quantitative estimate of drug-likeness (QED) is 0.799. The third-order valence-corrected chi connectivity index (χ3v) is 5.78. The van der Waals surface area contributed by atoms with E-state index in [1.54, 1.807) is 0 Å². The molecular weight excluding hydrogens is 330 g/mol. The highest BCUT2D eigenvalue weighted by atomic mass is 32.2. The zero-order valence-corrected chi connectivity index (χ0v) is 15.5. The Kier molecular flexibility index (Phi) is 6.40. The van der Waals surface area contributed by atoms with Crippen LogP contribution in [0.3, 0.4) is 0 Å². The van der Waals surface area contributed by atoms with Crippen LogP contribution in [-0.4, -0.2) is 36.3 Å². The number of amides is 1. The first-order valence-electron chi connectivity index (χ1n) is 8.92. The second-order valence-electron chi connectivity index (χ2n) is 6.19. The Bertz CT molecular complexity index is 672. The smallest absolute Gasteiger partial charge is 0.227 e. The summed E-state index contributed by atoms with van der Waals surface area (Å²) in [5.74, 6) is 2.07. The molecule has 3 nitrogen and oxygen atoms in total. The second-order valence-corrected chi connectivity index (χ2v) is 7.50. The molecule has 0 N–H and O–H groups in total. The van der Waals surface area contributed by atoms with Crippen LogP contribution in [-0.2, 0) is 11.2 Å². The van der Waals surface area contributed by atoms with Crippen molar-refractivity contribution in [3.05, 3.63) is 65.7 Å². The van der Waals surface area contributed by atoms with Crippen LogP contribution >= 0.6 is 11.8 Å². The lowest BCUT2D eigenvalue weighted by molar-refractivity contribution is -0.130. The van der Waals surface area contributed by atoms with Gasteiger partial charge in [-0.25, -0.2) is 0 Å². The van der Waals surface area contributed by atoms with E-state index in [-0.39, 0.29) is 5.91 Å². The summed E-state index contributed by atoms with van der Waals surface area (Å²) in [6.07, 6.45) is 1.48. The fraction of sp³-hybridized carbons (Fsp3) is 0.381. The normalized spacial score (nSPS) is 17.8. The van der Waals surface area contributed by atoms with Crippen LogP contribution in [0.15, 0.2) is 54.6 Å². The monoisotopic (exact) mass is 355 g/mol. The standard InChI is InChI=1S/C21H25NO2S/c1-2-24-19-10-8-17(9-11-19)16-21(23)22-13-12-20(25-15-14-22)18-6-4-3-5-7-18/h3-11,20H,2,12-16H2,1H3. The van der Waals surface area contributed by atoms with Gasteiger partial charge in [-0.2, -0.15) is 11.8 Å². The minimum atomic E-state index is 0.221. The summed E-state index contributed by atoms with van der Waals surface area (Å²) >= 11 is 1.96. The summed E-state index contributed by atoms with van der Waals surface area (Å²) in [6, 6.07) is 18.5. The number of carbonyl (C=O) groups is 1. The molecule has 3 rings (SSSR count). The maximum absolute atomic E-state index is 12.7. The van der Waals surface area contributed by atoms with Gasteiger partial charge >= 0.3 is 0 Å². The topological polar surface area (TPSA) is 29.5 Å². The van der Waals surface area contributed by atoms with Gasteiger partial charge in [-0.15, -0.1) is 0 Å². The van der Waals surface area contributed by atoms with Gasteiger partial charge in [0.2, 0.25) is 5.91 Å². The third kappa shape index (κ3) is 5.02. The molecule has 2 aromatic rings. The van der Waals surface area contributed by atoms with E-state index >= 15 is 0 Å². The van der Waals surface area contributed by atoms with E-state index in [9.17, 15) is 4.79 Å². The fourth-order valence-corrected chi connectivity index (χ4v) is 4.34. The maximum atomic E-state index is 12.7. The van der Waals surface area contributed by atoms with Crippen molar-refractivity contribution in [1.82, 2.24) is 4.90 Å². The molecular formula is C21H25NO2S. The van der Waals surface area contributed by atoms with Gasteiger partial charge < -0.3 is 9.64 Å². The van der Waals surface area contributed by atoms with Crippen LogP contribution in [0.25, 0.3) is 0 Å². The van der Waals surface area contributed by atoms with Gasteiger partial charge in [0.15, 0.2) is 0 Å². The van der Waals surface area contributed by atoms with E-state index in [0.29, 0.717) is 18.3 Å². The largest absolute Gasteiger partial charge is 0.494 e. The van der Waals surface area contributed by atoms with Crippen LogP contribution in [0.4, 0.5) is 0 Å². The number of thioether (sulfide) groups is 1. The average molecular weight is 356 g/mol. The van der Waals surface area contributed by atoms with Crippen molar-refractivity contribution >= 4 is 17.7 Å². The first kappa shape index (κ1) is 17.9. The second kappa shape index (κ2) is 8.95. The molecule has 0 bridgehead atoms. The van der Waals surface area contributed by atoms with Crippen molar-refractivity contribution in [2.24, 2.45) is 0 Å². The number of benzene rings is 2. The van der Waals surface area contributed by atoms with Gasteiger partial charge in [0, 0.05) is 24.1 Å². The number of ether oxygens (including phenoxy) is 1. The molecule has 0 aliphatic carbocycles. The molecule has 0 saturated carbocycles. The van der Waals surface area contributed by atoms with Crippen molar-refractivity contribution in [2.75, 3.05) is 25.4 Å². The van der Waals surface area contributed by atoms with E-state index in [2.05, 4.69) is 30.3 Å². The van der Waals surface area contributed by atoms with Gasteiger partial charge in [-0.05, 0) is 36.6 Å². The average Bonchev–Trinajstić information content (AvgIpc) is 2.91. The van der Waals surface area contributed by atoms with E-state index < -0.39 is 0 Å². The molecule has 1 saturated heterocycles. The Morgan fingerprint density at radius 1 is 1.12 bits per heavy atom. The molecule has 1 aliphatic rings. The summed E-state index contributed by atoms with van der Waals surface area (Å²) in [7, 11) is 0. The number of hydrogen-bond acceptors (Lipinski definition) is 3. The molecule has 1 atom stereocenters. The van der Waals surface area contributed by atoms with Gasteiger partial charge in [-0.1, -0.05) is 42.5 Å². The number of rotatable bonds is 5. The highest BCUT2D eigenvalue weighted by Crippen LogP contribution is 2.34. The van der Waals surface area contributed by atoms with Crippen LogP contribution in [0.5, 0.6) is 5.75 Å². The van der Waals surface area contributed by atoms with Crippen LogP contribution in [0, 0.1) is 0 Å². The highest BCUT2D eigenvalue weighted by molar-refractivity contribution is 7.99. The molecule has 132 valence electrons. The van der Waals surface area contributed by atoms with E-state index in [4.69, 9.17) is 4.74 Å². The minimum absolute atomic E-state index is 0.221. The molecule has 2 aromatic carbocycles. The van der Waals surface area contributed by atoms with Gasteiger partial charge in [0.05, 0.1) is 13.0 Å². The number of hydrogen-bond donors (Lipinski definition) is 0. The molecule has 4 heteroatoms. The first-order chi connectivity index (χ1) is 12.3. The highest BCUT2D eigenvalue weighted by Gasteiger charge is 2.22. The van der Waals surface area contributed by atoms with E-state index in [0.717, 1.165) is 36.6 Å². The summed E-state index contributed by atoms with van der Waals surface area (Å²) < 4.78 is 5.45. The van der Waals surface area contributed by atoms with Crippen LogP contribution in [0.2, 0.25) is 0 Å². The molecule has 25 heavy (non-hydrogen) atoms. The Labute approximate surface area is 154 Å². The number of carbonyl (C=O) groups excluding carboxylic acids is 1. The first-order valence-corrected chi connectivity index (χ1v) is 9.97. The minimum Gasteiger partial charge on any atom is -0.494 e. The summed E-state index contributed by atoms with van der Waals surface area (Å²) in [6.45, 7) is 4.30. The molecule has 0 spiro atoms. The molecule has 0 aromatic heterocycles. The molecule has 1 amide bonds. The molecule has 1 unspecified atom stereocenters. The third-order valence-electron chi connectivity index (χ3n) is 4.46. The van der Waals surface area contributed by atoms with Crippen molar-refractivity contribution in [2.45, 2.75) is 25.0 Å². The predicted molar refractivity (Wildman–Crippen MR) is 104 cm³/mol. The predicted octanol–water partition coefficient (Wildman–Crippen LogP) is 4.33. The molecule has 1 heterocycles. The fourth-order valence-electron chi connectivity index (χ4n) is 3.11. The SMILES string of the molecule is CCOc1ccc(CC(=O)N2CCSC(c3ccccc3)CC2)cc1. The van der Waals surface area contributed by atoms with Gasteiger partial charge in [0.25, 0.3) is 0 Å². The summed E-state index contributed by atoms with van der Waals surface area (Å²) in [5.41, 5.74) is 2.42. The van der Waals surface area contributed by atoms with Crippen LogP contribution in [0.1, 0.15) is 29.7 Å². The Morgan fingerprint density at radius 2 is 1.88 bits per heavy atom. The molecule has 1 fully saturated rings. The van der Waals surface area contributed by atoms with Crippen molar-refractivity contribution < 1.29 is 9.53 Å². The molecule has 1 aliphatic heterocycles. The lowest BCUT2D eigenvalue weighted by Gasteiger charge is -2.20. The lowest BCUT2D eigenvalue weighted by Crippen LogP contribution is -2.34. The zero-order chi connectivity index (χ0) is 17.5. The summed E-state index contributed by atoms with van der Waals surface area (Å²) in [4.78, 5) is 14.7. The lowest BCUT2D eigenvalue weighted by atomic mass is 10.1. The van der Waals surface area contributed by atoms with Crippen molar-refractivity contribution in [3.8, 4) is 5.75 Å². The van der Waals surface area contributed by atoms with Crippen LogP contribution < -0.4 is 4.74 Å². The van der Waals surface area contributed by atoms with Gasteiger partial charge in [0.1, 0.15) is 5.75 Å². The Balaban J connectivity index is 1.56. The van der Waals surface area contributed by atoms with Crippen molar-refractivity contribution in [1.29, 1.82) is 0 Å². The number of nitrogens with zero attached hydrogens (tertiary/aromatic N) is 1. The van der Waals surface area contributed by atoms with E-state index in [1.165, 1.54) is 5.56 Å². The summed E-state index contributed by atoms with van der Waals surface area (Å²) in [5, 5.41) is 0.490. The Morgan fingerprint density at radius 3 is 2.60 bits per heavy atom. The van der Waals surface area contributed by atoms with Gasteiger partial charge in [-0.3, -0.25) is 4.79 Å². The molecule has 0 radical (unpaired) electrons. The maximum Gasteiger partial charge on any atom is 0.227 e. The zero-order valence-electron chi connectivity index (χ0n) is 14.7. The van der Waals surface area contributed by atoms with Crippen molar-refractivity contribution in [3.63, 3.8) is 0 Å². The van der Waals surface area contributed by atoms with E-state index in [1.807, 2.05) is 47.9 Å².